The molecule has 0 aliphatic carbocycles. The van der Waals surface area contributed by atoms with Crippen LogP contribution in [0, 0.1) is 26.2 Å². The van der Waals surface area contributed by atoms with Crippen LogP contribution in [0.2, 0.25) is 0 Å². The van der Waals surface area contributed by atoms with Gasteiger partial charge >= 0.3 is 0 Å². The van der Waals surface area contributed by atoms with Gasteiger partial charge < -0.3 is 20.1 Å². The average molecular weight is 530 g/mol. The second kappa shape index (κ2) is 11.0. The van der Waals surface area contributed by atoms with E-state index in [2.05, 4.69) is 28.4 Å². The van der Waals surface area contributed by atoms with Gasteiger partial charge in [-0.15, -0.1) is 12.4 Å². The first-order valence-corrected chi connectivity index (χ1v) is 12.7. The van der Waals surface area contributed by atoms with Crippen molar-refractivity contribution in [2.75, 3.05) is 32.1 Å². The van der Waals surface area contributed by atoms with E-state index in [4.69, 9.17) is 4.74 Å². The zero-order valence-electron chi connectivity index (χ0n) is 23.0. The lowest BCUT2D eigenvalue weighted by Gasteiger charge is -2.40. The number of nitrogens with one attached hydrogen (secondary N) is 1. The van der Waals surface area contributed by atoms with Gasteiger partial charge in [0.1, 0.15) is 11.8 Å². The minimum atomic E-state index is -0.725. The van der Waals surface area contributed by atoms with Crippen LogP contribution in [0.3, 0.4) is 0 Å². The molecule has 0 spiro atoms. The van der Waals surface area contributed by atoms with Crippen LogP contribution in [0.1, 0.15) is 60.2 Å². The predicted octanol–water partition coefficient (Wildman–Crippen LogP) is 4.68. The zero-order chi connectivity index (χ0) is 26.4. The summed E-state index contributed by atoms with van der Waals surface area (Å²) in [7, 11) is 1.74. The van der Waals surface area contributed by atoms with Gasteiger partial charge in [-0.05, 0) is 66.6 Å². The molecule has 8 heteroatoms. The number of likely N-dealkylation sites (tertiary alicyclic amines) is 1. The number of benzene rings is 2. The molecule has 37 heavy (non-hydrogen) atoms. The molecule has 2 amide bonds. The van der Waals surface area contributed by atoms with Crippen molar-refractivity contribution in [3.63, 3.8) is 0 Å². The van der Waals surface area contributed by atoms with E-state index in [1.807, 2.05) is 41.5 Å². The molecule has 2 heterocycles. The fraction of sp³-hybridized carbons (Fsp3) is 0.517. The summed E-state index contributed by atoms with van der Waals surface area (Å²) in [6.45, 7) is 14.3. The van der Waals surface area contributed by atoms with Crippen molar-refractivity contribution in [3.8, 4) is 5.75 Å². The van der Waals surface area contributed by atoms with Gasteiger partial charge in [-0.2, -0.15) is 0 Å². The highest BCUT2D eigenvalue weighted by Gasteiger charge is 2.40. The highest BCUT2D eigenvalue weighted by atomic mass is 35.5. The molecule has 1 atom stereocenters. The van der Waals surface area contributed by atoms with Crippen LogP contribution in [-0.2, 0) is 27.3 Å². The number of hydrogen-bond acceptors (Lipinski definition) is 5. The van der Waals surface area contributed by atoms with Crippen LogP contribution >= 0.6 is 12.4 Å². The lowest BCUT2D eigenvalue weighted by molar-refractivity contribution is -0.146. The number of fused-ring (bicyclic) bond motifs is 1. The molecular formula is C29H40ClN3O4. The molecule has 2 aliphatic heterocycles. The number of nitrogens with zero attached hydrogens (tertiary/aromatic N) is 2. The van der Waals surface area contributed by atoms with Crippen LogP contribution < -0.4 is 5.32 Å². The summed E-state index contributed by atoms with van der Waals surface area (Å²) < 4.78 is 5.40. The molecule has 0 radical (unpaired) electrons. The third-order valence-electron chi connectivity index (χ3n) is 7.57. The standard InChI is InChI=1S/C29H39N3O4.ClH/c1-17-12-24(18(2)19(3)26(17)33)30-27(34)25-23-13-20(14-31-15-22(16-31)36-7)8-9-21(23)10-11-32(25)28(35)29(4,5)6;/h8-9,12-13,22,25,33H,10-11,14-16H2,1-7H3,(H,30,34);1H. The number of aromatic hydroxyl groups is 1. The van der Waals surface area contributed by atoms with Gasteiger partial charge in [-0.1, -0.05) is 39.0 Å². The summed E-state index contributed by atoms with van der Waals surface area (Å²) in [5.74, 6) is -0.0368. The Kier molecular flexibility index (Phi) is 8.62. The third kappa shape index (κ3) is 5.79. The molecule has 4 rings (SSSR count). The first-order chi connectivity index (χ1) is 16.9. The van der Waals surface area contributed by atoms with E-state index < -0.39 is 11.5 Å². The fourth-order valence-corrected chi connectivity index (χ4v) is 5.15. The number of aryl methyl sites for hydroxylation is 1. The van der Waals surface area contributed by atoms with Crippen molar-refractivity contribution in [3.05, 3.63) is 57.6 Å². The highest BCUT2D eigenvalue weighted by Crippen LogP contribution is 2.37. The summed E-state index contributed by atoms with van der Waals surface area (Å²) in [6.07, 6.45) is 0.995. The SMILES string of the molecule is COC1CN(Cc2ccc3c(c2)C(C(=O)Nc2cc(C)c(O)c(C)c2C)N(C(=O)C(C)(C)C)CC3)C1.Cl. The van der Waals surface area contributed by atoms with Crippen molar-refractivity contribution < 1.29 is 19.4 Å². The van der Waals surface area contributed by atoms with E-state index >= 15 is 0 Å². The first kappa shape index (κ1) is 29.0. The van der Waals surface area contributed by atoms with E-state index in [1.54, 1.807) is 18.1 Å². The molecule has 1 saturated heterocycles. The summed E-state index contributed by atoms with van der Waals surface area (Å²) >= 11 is 0. The predicted molar refractivity (Wildman–Crippen MR) is 148 cm³/mol. The molecule has 2 aromatic rings. The van der Waals surface area contributed by atoms with Crippen molar-refractivity contribution in [2.45, 2.75) is 66.7 Å². The summed E-state index contributed by atoms with van der Waals surface area (Å²) in [4.78, 5) is 31.5. The number of carbonyl (C=O) groups excluding carboxylic acids is 2. The van der Waals surface area contributed by atoms with Gasteiger partial charge in [-0.25, -0.2) is 0 Å². The van der Waals surface area contributed by atoms with Crippen molar-refractivity contribution in [1.82, 2.24) is 9.80 Å². The van der Waals surface area contributed by atoms with Crippen LogP contribution in [-0.4, -0.2) is 59.6 Å². The Morgan fingerprint density at radius 1 is 1.11 bits per heavy atom. The molecule has 1 unspecified atom stereocenters. The number of rotatable bonds is 5. The van der Waals surface area contributed by atoms with E-state index in [1.165, 1.54) is 0 Å². The molecule has 1 fully saturated rings. The van der Waals surface area contributed by atoms with Gasteiger partial charge in [-0.3, -0.25) is 14.5 Å². The summed E-state index contributed by atoms with van der Waals surface area (Å²) in [6, 6.07) is 7.41. The maximum Gasteiger partial charge on any atom is 0.251 e. The van der Waals surface area contributed by atoms with E-state index in [9.17, 15) is 14.7 Å². The van der Waals surface area contributed by atoms with E-state index in [-0.39, 0.29) is 36.1 Å². The number of halogens is 1. The molecule has 0 saturated carbocycles. The topological polar surface area (TPSA) is 82.1 Å². The van der Waals surface area contributed by atoms with Crippen LogP contribution in [0.4, 0.5) is 5.69 Å². The van der Waals surface area contributed by atoms with Gasteiger partial charge in [0.05, 0.1) is 6.10 Å². The lowest BCUT2D eigenvalue weighted by atomic mass is 9.86. The maximum absolute atomic E-state index is 13.9. The molecule has 2 N–H and O–H groups in total. The molecule has 0 bridgehead atoms. The number of phenols is 1. The van der Waals surface area contributed by atoms with Gasteiger partial charge in [0.15, 0.2) is 0 Å². The van der Waals surface area contributed by atoms with Crippen LogP contribution in [0.25, 0.3) is 0 Å². The molecule has 2 aromatic carbocycles. The molecule has 202 valence electrons. The van der Waals surface area contributed by atoms with Gasteiger partial charge in [0.25, 0.3) is 5.91 Å². The molecule has 7 nitrogen and oxygen atoms in total. The van der Waals surface area contributed by atoms with Gasteiger partial charge in [0.2, 0.25) is 5.91 Å². The maximum atomic E-state index is 13.9. The Hall–Kier alpha value is -2.61. The fourth-order valence-electron chi connectivity index (χ4n) is 5.15. The highest BCUT2D eigenvalue weighted by molar-refractivity contribution is 5.99. The minimum Gasteiger partial charge on any atom is -0.507 e. The van der Waals surface area contributed by atoms with Gasteiger partial charge in [0, 0.05) is 44.4 Å². The quantitative estimate of drug-likeness (QED) is 0.550. The third-order valence-corrected chi connectivity index (χ3v) is 7.57. The van der Waals surface area contributed by atoms with Crippen LogP contribution in [0.5, 0.6) is 5.75 Å². The number of phenolic OH excluding ortho intramolecular Hbond substituents is 1. The lowest BCUT2D eigenvalue weighted by Crippen LogP contribution is -2.51. The van der Waals surface area contributed by atoms with Crippen molar-refractivity contribution in [1.29, 1.82) is 0 Å². The number of methoxy groups -OCH3 is 1. The normalized spacial score (nSPS) is 18.0. The number of carbonyl (C=O) groups is 2. The monoisotopic (exact) mass is 529 g/mol. The molecule has 2 aliphatic rings. The number of amides is 2. The smallest absolute Gasteiger partial charge is 0.251 e. The second-order valence-corrected chi connectivity index (χ2v) is 11.3. The minimum absolute atomic E-state index is 0. The van der Waals surface area contributed by atoms with Crippen molar-refractivity contribution in [2.24, 2.45) is 5.41 Å². The van der Waals surface area contributed by atoms with E-state index in [0.717, 1.165) is 47.5 Å². The number of ether oxygens (including phenoxy) is 1. The van der Waals surface area contributed by atoms with Crippen LogP contribution in [0.15, 0.2) is 24.3 Å². The second-order valence-electron chi connectivity index (χ2n) is 11.3. The first-order valence-electron chi connectivity index (χ1n) is 12.7. The summed E-state index contributed by atoms with van der Waals surface area (Å²) in [5, 5.41) is 13.4. The van der Waals surface area contributed by atoms with E-state index in [0.29, 0.717) is 24.2 Å². The average Bonchev–Trinajstić information content (AvgIpc) is 2.81. The Morgan fingerprint density at radius 3 is 2.41 bits per heavy atom. The summed E-state index contributed by atoms with van der Waals surface area (Å²) in [5.41, 5.74) is 5.42. The number of hydrogen-bond donors (Lipinski definition) is 2. The Labute approximate surface area is 226 Å². The number of anilines is 1. The largest absolute Gasteiger partial charge is 0.507 e. The molecule has 0 aromatic heterocycles. The Morgan fingerprint density at radius 2 is 1.78 bits per heavy atom. The zero-order valence-corrected chi connectivity index (χ0v) is 23.8. The molecular weight excluding hydrogens is 490 g/mol. The Balaban J connectivity index is 0.00000380. The Bertz CT molecular complexity index is 1180. The van der Waals surface area contributed by atoms with Crippen molar-refractivity contribution >= 4 is 29.9 Å².